The average Bonchev–Trinajstić information content (AvgIpc) is 3.80. The van der Waals surface area contributed by atoms with Crippen LogP contribution in [0.15, 0.2) is 191 Å². The first kappa shape index (κ1) is 29.4. The SMILES string of the molecule is c1ccc2cc(-c3c4ccccc4c(-c4ccc5oc6c7ccccc7c(-c7ccc8oc9ccccc9c8c7)cc6c5c4)c4ccccc34)ccc2c1. The molecule has 0 fully saturated rings. The van der Waals surface area contributed by atoms with Gasteiger partial charge >= 0.3 is 0 Å². The maximum atomic E-state index is 6.74. The van der Waals surface area contributed by atoms with Crippen LogP contribution in [-0.4, -0.2) is 0 Å². The van der Waals surface area contributed by atoms with E-state index < -0.39 is 0 Å². The smallest absolute Gasteiger partial charge is 0.143 e. The van der Waals surface area contributed by atoms with Crippen LogP contribution in [0.1, 0.15) is 0 Å². The van der Waals surface area contributed by atoms with Gasteiger partial charge in [-0.2, -0.15) is 0 Å². The summed E-state index contributed by atoms with van der Waals surface area (Å²) in [5, 5.41) is 14.2. The minimum Gasteiger partial charge on any atom is -0.456 e. The van der Waals surface area contributed by atoms with Gasteiger partial charge in [0.05, 0.1) is 0 Å². The Bertz CT molecular complexity index is 3450. The number of rotatable bonds is 3. The average molecular weight is 687 g/mol. The van der Waals surface area contributed by atoms with Gasteiger partial charge in [-0.3, -0.25) is 0 Å². The normalized spacial score (nSPS) is 12.1. The van der Waals surface area contributed by atoms with Crippen molar-refractivity contribution >= 4 is 87.0 Å². The van der Waals surface area contributed by atoms with Gasteiger partial charge in [-0.1, -0.05) is 140 Å². The highest BCUT2D eigenvalue weighted by molar-refractivity contribution is 6.24. The molecule has 12 rings (SSSR count). The first-order valence-corrected chi connectivity index (χ1v) is 18.5. The second-order valence-corrected chi connectivity index (χ2v) is 14.4. The summed E-state index contributed by atoms with van der Waals surface area (Å²) in [5.74, 6) is 0. The second-order valence-electron chi connectivity index (χ2n) is 14.4. The molecule has 0 amide bonds. The zero-order valence-electron chi connectivity index (χ0n) is 29.1. The quantitative estimate of drug-likeness (QED) is 0.173. The van der Waals surface area contributed by atoms with E-state index in [1.807, 2.05) is 12.1 Å². The summed E-state index contributed by atoms with van der Waals surface area (Å²) in [6.07, 6.45) is 0. The predicted molar refractivity (Wildman–Crippen MR) is 227 cm³/mol. The third kappa shape index (κ3) is 4.22. The van der Waals surface area contributed by atoms with Gasteiger partial charge in [0.2, 0.25) is 0 Å². The minimum absolute atomic E-state index is 0.883. The van der Waals surface area contributed by atoms with Crippen molar-refractivity contribution in [1.29, 1.82) is 0 Å². The minimum atomic E-state index is 0.883. The monoisotopic (exact) mass is 686 g/mol. The molecule has 12 aromatic rings. The fourth-order valence-corrected chi connectivity index (χ4v) is 8.98. The van der Waals surface area contributed by atoms with Gasteiger partial charge in [-0.05, 0) is 114 Å². The second kappa shape index (κ2) is 11.2. The summed E-state index contributed by atoms with van der Waals surface area (Å²) in [4.78, 5) is 0. The largest absolute Gasteiger partial charge is 0.456 e. The van der Waals surface area contributed by atoms with Crippen molar-refractivity contribution in [2.75, 3.05) is 0 Å². The molecule has 10 aromatic carbocycles. The topological polar surface area (TPSA) is 26.3 Å². The van der Waals surface area contributed by atoms with Crippen molar-refractivity contribution in [2.45, 2.75) is 0 Å². The molecule has 0 N–H and O–H groups in total. The molecule has 0 saturated heterocycles. The molecule has 0 spiro atoms. The summed E-state index contributed by atoms with van der Waals surface area (Å²) in [6.45, 7) is 0. The molecule has 0 unspecified atom stereocenters. The van der Waals surface area contributed by atoms with Crippen molar-refractivity contribution in [1.82, 2.24) is 0 Å². The van der Waals surface area contributed by atoms with Gasteiger partial charge in [0.15, 0.2) is 0 Å². The summed E-state index contributed by atoms with van der Waals surface area (Å²) >= 11 is 0. The van der Waals surface area contributed by atoms with Crippen molar-refractivity contribution < 1.29 is 8.83 Å². The Hall–Kier alpha value is -7.16. The van der Waals surface area contributed by atoms with E-state index in [-0.39, 0.29) is 0 Å². The first-order chi connectivity index (χ1) is 26.8. The van der Waals surface area contributed by atoms with Gasteiger partial charge < -0.3 is 8.83 Å². The maximum Gasteiger partial charge on any atom is 0.143 e. The van der Waals surface area contributed by atoms with E-state index in [1.54, 1.807) is 0 Å². The zero-order chi connectivity index (χ0) is 35.3. The van der Waals surface area contributed by atoms with Crippen molar-refractivity contribution in [3.63, 3.8) is 0 Å². The summed E-state index contributed by atoms with van der Waals surface area (Å²) < 4.78 is 12.9. The van der Waals surface area contributed by atoms with Gasteiger partial charge in [0.25, 0.3) is 0 Å². The van der Waals surface area contributed by atoms with Crippen LogP contribution < -0.4 is 0 Å². The molecular formula is C52H30O2. The van der Waals surface area contributed by atoms with Crippen LogP contribution in [0.4, 0.5) is 0 Å². The predicted octanol–water partition coefficient (Wildman–Crippen LogP) is 15.1. The molecule has 0 aliphatic carbocycles. The highest BCUT2D eigenvalue weighted by Crippen LogP contribution is 2.46. The number of hydrogen-bond acceptors (Lipinski definition) is 2. The lowest BCUT2D eigenvalue weighted by Crippen LogP contribution is -1.91. The molecule has 2 heterocycles. The van der Waals surface area contributed by atoms with E-state index in [2.05, 4.69) is 170 Å². The van der Waals surface area contributed by atoms with Crippen molar-refractivity contribution in [3.8, 4) is 33.4 Å². The Morgan fingerprint density at radius 1 is 0.259 bits per heavy atom. The Morgan fingerprint density at radius 3 is 1.46 bits per heavy atom. The lowest BCUT2D eigenvalue weighted by molar-refractivity contribution is 0.669. The molecule has 0 aliphatic heterocycles. The molecule has 0 bridgehead atoms. The number of benzene rings is 10. The Kier molecular flexibility index (Phi) is 6.09. The zero-order valence-corrected chi connectivity index (χ0v) is 29.1. The van der Waals surface area contributed by atoms with Crippen molar-refractivity contribution in [2.24, 2.45) is 0 Å². The highest BCUT2D eigenvalue weighted by atomic mass is 16.3. The Morgan fingerprint density at radius 2 is 0.741 bits per heavy atom. The molecule has 2 heteroatoms. The number of para-hydroxylation sites is 1. The van der Waals surface area contributed by atoms with E-state index in [1.165, 1.54) is 60.1 Å². The summed E-state index contributed by atoms with van der Waals surface area (Å²) in [7, 11) is 0. The fraction of sp³-hybridized carbons (Fsp3) is 0. The van der Waals surface area contributed by atoms with E-state index in [0.29, 0.717) is 0 Å². The fourth-order valence-electron chi connectivity index (χ4n) is 8.98. The lowest BCUT2D eigenvalue weighted by atomic mass is 9.85. The van der Waals surface area contributed by atoms with E-state index in [9.17, 15) is 0 Å². The molecule has 54 heavy (non-hydrogen) atoms. The van der Waals surface area contributed by atoms with Gasteiger partial charge in [0, 0.05) is 26.9 Å². The third-order valence-corrected chi connectivity index (χ3v) is 11.4. The van der Waals surface area contributed by atoms with Crippen LogP contribution in [0.25, 0.3) is 120 Å². The standard InChI is InChI=1S/C52H30O2/c1-2-12-32-27-34(22-21-31(32)11-1)50-38-15-4-6-17-40(38)51(41-18-7-5-16-39(41)50)35-24-26-49-45(29-35)46-30-43(36-13-3-8-19-42(36)52(46)54-49)33-23-25-48-44(28-33)37-14-9-10-20-47(37)53-48/h1-30H. The molecule has 0 saturated carbocycles. The maximum absolute atomic E-state index is 6.74. The van der Waals surface area contributed by atoms with Gasteiger partial charge in [-0.25, -0.2) is 0 Å². The molecule has 0 atom stereocenters. The highest BCUT2D eigenvalue weighted by Gasteiger charge is 2.20. The van der Waals surface area contributed by atoms with Crippen LogP contribution >= 0.6 is 0 Å². The Balaban J connectivity index is 1.12. The van der Waals surface area contributed by atoms with Crippen LogP contribution in [0.5, 0.6) is 0 Å². The van der Waals surface area contributed by atoms with Crippen LogP contribution in [0, 0.1) is 0 Å². The van der Waals surface area contributed by atoms with Gasteiger partial charge in [-0.15, -0.1) is 0 Å². The third-order valence-electron chi connectivity index (χ3n) is 11.4. The van der Waals surface area contributed by atoms with Crippen LogP contribution in [-0.2, 0) is 0 Å². The summed E-state index contributed by atoms with van der Waals surface area (Å²) in [6, 6.07) is 65.7. The number of hydrogen-bond donors (Lipinski definition) is 0. The first-order valence-electron chi connectivity index (χ1n) is 18.5. The van der Waals surface area contributed by atoms with Crippen molar-refractivity contribution in [3.05, 3.63) is 182 Å². The number of furan rings is 2. The lowest BCUT2D eigenvalue weighted by Gasteiger charge is -2.18. The summed E-state index contributed by atoms with van der Waals surface area (Å²) in [5.41, 5.74) is 10.8. The van der Waals surface area contributed by atoms with Crippen LogP contribution in [0.2, 0.25) is 0 Å². The molecule has 0 radical (unpaired) electrons. The molecule has 0 aliphatic rings. The molecule has 2 aromatic heterocycles. The van der Waals surface area contributed by atoms with E-state index in [0.717, 1.165) is 60.2 Å². The number of fused-ring (bicyclic) bond motifs is 11. The van der Waals surface area contributed by atoms with Gasteiger partial charge in [0.1, 0.15) is 22.3 Å². The Labute approximate surface area is 310 Å². The van der Waals surface area contributed by atoms with E-state index >= 15 is 0 Å². The molecule has 2 nitrogen and oxygen atoms in total. The molecule has 250 valence electrons. The van der Waals surface area contributed by atoms with Crippen LogP contribution in [0.3, 0.4) is 0 Å². The molecular weight excluding hydrogens is 657 g/mol. The van der Waals surface area contributed by atoms with E-state index in [4.69, 9.17) is 8.83 Å².